The minimum Gasteiger partial charge on any atom is -0.454 e. The van der Waals surface area contributed by atoms with Crippen molar-refractivity contribution in [2.24, 2.45) is 0 Å². The fourth-order valence-electron chi connectivity index (χ4n) is 5.06. The van der Waals surface area contributed by atoms with Crippen LogP contribution in [0.3, 0.4) is 0 Å². The molecule has 4 aromatic rings. The lowest BCUT2D eigenvalue weighted by Gasteiger charge is -2.28. The van der Waals surface area contributed by atoms with E-state index >= 15 is 0 Å². The van der Waals surface area contributed by atoms with Gasteiger partial charge >= 0.3 is 0 Å². The second-order valence-electron chi connectivity index (χ2n) is 8.67. The Morgan fingerprint density at radius 2 is 1.74 bits per heavy atom. The monoisotopic (exact) mass is 546 g/mol. The summed E-state index contributed by atoms with van der Waals surface area (Å²) in [4.78, 5) is 6.88. The van der Waals surface area contributed by atoms with Crippen molar-refractivity contribution >= 4 is 38.9 Å². The number of thiocarbonyl (C=S) groups is 1. The molecular weight excluding hydrogens is 524 g/mol. The average Bonchev–Trinajstić information content (AvgIpc) is 3.55. The number of halogens is 1. The molecule has 0 spiro atoms. The molecule has 1 N–H and O–H groups in total. The van der Waals surface area contributed by atoms with Crippen molar-refractivity contribution < 1.29 is 9.47 Å². The molecule has 0 bridgehead atoms. The van der Waals surface area contributed by atoms with Gasteiger partial charge in [0.1, 0.15) is 0 Å². The van der Waals surface area contributed by atoms with Crippen LogP contribution in [0.2, 0.25) is 0 Å². The highest BCUT2D eigenvalue weighted by Gasteiger charge is 2.42. The minimum atomic E-state index is -0.0990. The molecule has 35 heavy (non-hydrogen) atoms. The summed E-state index contributed by atoms with van der Waals surface area (Å²) in [6.07, 6.45) is 1.83. The van der Waals surface area contributed by atoms with Crippen molar-refractivity contribution in [2.45, 2.75) is 25.9 Å². The van der Waals surface area contributed by atoms with E-state index < -0.39 is 0 Å². The first-order valence-electron chi connectivity index (χ1n) is 11.4. The van der Waals surface area contributed by atoms with E-state index in [0.29, 0.717) is 5.11 Å². The number of ether oxygens (including phenoxy) is 2. The van der Waals surface area contributed by atoms with Crippen LogP contribution in [-0.2, 0) is 0 Å². The number of anilines is 1. The van der Waals surface area contributed by atoms with Gasteiger partial charge in [-0.15, -0.1) is 0 Å². The fourth-order valence-corrected chi connectivity index (χ4v) is 5.67. The molecule has 0 saturated carbocycles. The van der Waals surface area contributed by atoms with Crippen molar-refractivity contribution in [3.63, 3.8) is 0 Å². The molecule has 176 valence electrons. The van der Waals surface area contributed by atoms with Gasteiger partial charge in [-0.2, -0.15) is 0 Å². The second-order valence-corrected chi connectivity index (χ2v) is 9.97. The van der Waals surface area contributed by atoms with Gasteiger partial charge < -0.3 is 24.3 Å². The number of rotatable bonds is 4. The highest BCUT2D eigenvalue weighted by atomic mass is 79.9. The second kappa shape index (κ2) is 8.70. The van der Waals surface area contributed by atoms with Crippen molar-refractivity contribution in [2.75, 3.05) is 11.7 Å². The maximum absolute atomic E-state index is 5.88. The van der Waals surface area contributed by atoms with Gasteiger partial charge in [0.2, 0.25) is 6.79 Å². The summed E-state index contributed by atoms with van der Waals surface area (Å²) < 4.78 is 14.4. The van der Waals surface area contributed by atoms with E-state index in [2.05, 4.69) is 79.9 Å². The van der Waals surface area contributed by atoms with Crippen LogP contribution in [0.5, 0.6) is 11.5 Å². The van der Waals surface area contributed by atoms with Crippen molar-refractivity contribution in [1.29, 1.82) is 0 Å². The van der Waals surface area contributed by atoms with E-state index in [-0.39, 0.29) is 18.9 Å². The molecule has 6 rings (SSSR count). The predicted octanol–water partition coefficient (Wildman–Crippen LogP) is 6.16. The fraction of sp³-hybridized carbons (Fsp3) is 0.185. The van der Waals surface area contributed by atoms with Gasteiger partial charge in [0.25, 0.3) is 0 Å². The number of hydrogen-bond donors (Lipinski definition) is 1. The number of nitrogens with one attached hydrogen (secondary N) is 1. The summed E-state index contributed by atoms with van der Waals surface area (Å²) in [5.41, 5.74) is 6.47. The summed E-state index contributed by atoms with van der Waals surface area (Å²) >= 11 is 9.43. The van der Waals surface area contributed by atoms with Gasteiger partial charge in [-0.1, -0.05) is 22.0 Å². The molecule has 2 aromatic carbocycles. The van der Waals surface area contributed by atoms with Crippen LogP contribution >= 0.6 is 28.1 Å². The van der Waals surface area contributed by atoms with Crippen LogP contribution < -0.4 is 19.7 Å². The van der Waals surface area contributed by atoms with Gasteiger partial charge in [0.05, 0.1) is 17.8 Å². The molecule has 2 aliphatic heterocycles. The molecule has 0 radical (unpaired) electrons. The number of hydrogen-bond acceptors (Lipinski definition) is 4. The van der Waals surface area contributed by atoms with Crippen molar-refractivity contribution in [3.8, 4) is 17.2 Å². The molecule has 6 nitrogen and oxygen atoms in total. The maximum atomic E-state index is 5.88. The summed E-state index contributed by atoms with van der Waals surface area (Å²) in [6, 6.07) is 22.4. The Balaban J connectivity index is 1.50. The largest absolute Gasteiger partial charge is 0.454 e. The van der Waals surface area contributed by atoms with E-state index in [1.807, 2.05) is 42.6 Å². The number of nitrogens with zero attached hydrogens (tertiary/aromatic N) is 3. The molecule has 1 saturated heterocycles. The summed E-state index contributed by atoms with van der Waals surface area (Å²) in [7, 11) is 0. The summed E-state index contributed by atoms with van der Waals surface area (Å²) in [5.74, 6) is 1.54. The third-order valence-electron chi connectivity index (χ3n) is 6.61. The smallest absolute Gasteiger partial charge is 0.231 e. The lowest BCUT2D eigenvalue weighted by molar-refractivity contribution is 0.174. The zero-order valence-electron chi connectivity index (χ0n) is 19.2. The molecule has 0 aliphatic carbocycles. The van der Waals surface area contributed by atoms with Gasteiger partial charge in [-0.25, -0.2) is 0 Å². The Morgan fingerprint density at radius 1 is 0.971 bits per heavy atom. The quantitative estimate of drug-likeness (QED) is 0.309. The first-order valence-corrected chi connectivity index (χ1v) is 12.6. The van der Waals surface area contributed by atoms with Crippen LogP contribution in [0.25, 0.3) is 5.69 Å². The van der Waals surface area contributed by atoms with Crippen molar-refractivity contribution in [1.82, 2.24) is 14.9 Å². The Bertz CT molecular complexity index is 1420. The van der Waals surface area contributed by atoms with Gasteiger partial charge in [-0.05, 0) is 86.2 Å². The molecule has 8 heteroatoms. The predicted molar refractivity (Wildman–Crippen MR) is 143 cm³/mol. The first kappa shape index (κ1) is 22.1. The van der Waals surface area contributed by atoms with Gasteiger partial charge in [-0.3, -0.25) is 4.98 Å². The van der Waals surface area contributed by atoms with Crippen molar-refractivity contribution in [3.05, 3.63) is 100 Å². The van der Waals surface area contributed by atoms with E-state index in [4.69, 9.17) is 21.7 Å². The number of aryl methyl sites for hydroxylation is 1. The molecule has 0 amide bonds. The van der Waals surface area contributed by atoms with Gasteiger partial charge in [0, 0.05) is 39.5 Å². The number of benzene rings is 2. The van der Waals surface area contributed by atoms with Crippen LogP contribution in [0.15, 0.2) is 77.4 Å². The molecular formula is C27H23BrN4O2S. The zero-order valence-corrected chi connectivity index (χ0v) is 21.6. The number of aromatic nitrogens is 2. The molecule has 2 aromatic heterocycles. The lowest BCUT2D eigenvalue weighted by atomic mass is 9.96. The standard InChI is InChI=1S/C27H23BrN4O2S/c1-16-13-21(17(2)31(16)20-10-11-23-24(14-20)34-15-33-23)26-25(22-5-3-4-12-29-22)30-27(35)32(26)19-8-6-18(28)7-9-19/h3-14,25-26H,15H2,1-2H3,(H,30,35)/t25-,26-/m0/s1. The molecule has 2 aliphatic rings. The molecule has 1 fully saturated rings. The highest BCUT2D eigenvalue weighted by molar-refractivity contribution is 9.10. The Labute approximate surface area is 217 Å². The summed E-state index contributed by atoms with van der Waals surface area (Å²) in [5, 5.41) is 4.23. The third kappa shape index (κ3) is 3.77. The van der Waals surface area contributed by atoms with E-state index in [1.54, 1.807) is 0 Å². The van der Waals surface area contributed by atoms with E-state index in [0.717, 1.165) is 44.4 Å². The van der Waals surface area contributed by atoms with Crippen LogP contribution in [-0.4, -0.2) is 21.5 Å². The molecule has 0 unspecified atom stereocenters. The van der Waals surface area contributed by atoms with Gasteiger partial charge in [0.15, 0.2) is 16.6 Å². The van der Waals surface area contributed by atoms with E-state index in [1.165, 1.54) is 5.56 Å². The maximum Gasteiger partial charge on any atom is 0.231 e. The Hall–Kier alpha value is -3.36. The molecule has 2 atom stereocenters. The number of fused-ring (bicyclic) bond motifs is 1. The average molecular weight is 547 g/mol. The third-order valence-corrected chi connectivity index (χ3v) is 7.45. The Kier molecular flexibility index (Phi) is 5.50. The highest BCUT2D eigenvalue weighted by Crippen LogP contribution is 2.44. The topological polar surface area (TPSA) is 51.6 Å². The molecule has 4 heterocycles. The Morgan fingerprint density at radius 3 is 2.51 bits per heavy atom. The van der Waals surface area contributed by atoms with E-state index in [9.17, 15) is 0 Å². The number of pyridine rings is 1. The summed E-state index contributed by atoms with van der Waals surface area (Å²) in [6.45, 7) is 4.54. The van der Waals surface area contributed by atoms with Crippen LogP contribution in [0.1, 0.15) is 34.7 Å². The van der Waals surface area contributed by atoms with Crippen LogP contribution in [0.4, 0.5) is 5.69 Å². The zero-order chi connectivity index (χ0) is 24.1. The minimum absolute atomic E-state index is 0.0764. The first-order chi connectivity index (χ1) is 17.0. The lowest BCUT2D eigenvalue weighted by Crippen LogP contribution is -2.29. The SMILES string of the molecule is Cc1cc([C@H]2[C@H](c3ccccn3)NC(=S)N2c2ccc(Br)cc2)c(C)n1-c1ccc2c(c1)OCO2. The normalized spacial score (nSPS) is 18.7. The van der Waals surface area contributed by atoms with Crippen LogP contribution in [0, 0.1) is 13.8 Å².